The van der Waals surface area contributed by atoms with Gasteiger partial charge in [0.15, 0.2) is 0 Å². The number of ether oxygens (including phenoxy) is 1. The normalized spacial score (nSPS) is 15.3. The van der Waals surface area contributed by atoms with E-state index in [1.54, 1.807) is 0 Å². The molecule has 12 heteroatoms. The van der Waals surface area contributed by atoms with Gasteiger partial charge in [-0.15, -0.1) is 0 Å². The minimum atomic E-state index is -2.74. The van der Waals surface area contributed by atoms with Gasteiger partial charge < -0.3 is 31.3 Å². The van der Waals surface area contributed by atoms with E-state index >= 15 is 0 Å². The zero-order chi connectivity index (χ0) is 20.7. The van der Waals surface area contributed by atoms with E-state index in [-0.39, 0.29) is 43.6 Å². The van der Waals surface area contributed by atoms with Gasteiger partial charge in [-0.25, -0.2) is 18.0 Å². The average Bonchev–Trinajstić information content (AvgIpc) is 2.65. The topological polar surface area (TPSA) is 126 Å². The first kappa shape index (κ1) is 21.4. The smallest absolute Gasteiger partial charge is 0.315 e. The summed E-state index contributed by atoms with van der Waals surface area (Å²) >= 11 is 0. The Hall–Kier alpha value is -2.86. The molecule has 0 spiro atoms. The van der Waals surface area contributed by atoms with Crippen molar-refractivity contribution < 1.29 is 32.3 Å². The molecule has 1 atom stereocenters. The lowest BCUT2D eigenvalue weighted by Crippen LogP contribution is -2.52. The van der Waals surface area contributed by atoms with Gasteiger partial charge in [0.1, 0.15) is 18.5 Å². The van der Waals surface area contributed by atoms with Crippen LogP contribution in [0.15, 0.2) is 18.2 Å². The third kappa shape index (κ3) is 5.82. The largest absolute Gasteiger partial charge is 0.370 e. The van der Waals surface area contributed by atoms with E-state index in [9.17, 15) is 27.6 Å². The molecule has 0 unspecified atom stereocenters. The van der Waals surface area contributed by atoms with Crippen LogP contribution in [-0.2, 0) is 14.3 Å². The van der Waals surface area contributed by atoms with Gasteiger partial charge in [0.25, 0.3) is 12.3 Å². The lowest BCUT2D eigenvalue weighted by molar-refractivity contribution is -0.125. The van der Waals surface area contributed by atoms with E-state index < -0.39 is 36.8 Å². The number of rotatable bonds is 7. The highest BCUT2D eigenvalue weighted by Crippen LogP contribution is 2.24. The summed E-state index contributed by atoms with van der Waals surface area (Å²) in [7, 11) is 0. The highest BCUT2D eigenvalue weighted by Gasteiger charge is 2.24. The van der Waals surface area contributed by atoms with Gasteiger partial charge in [0.2, 0.25) is 5.91 Å². The Morgan fingerprint density at radius 3 is 2.68 bits per heavy atom. The number of nitrogens with zero attached hydrogens (tertiary/aromatic N) is 1. The Morgan fingerprint density at radius 1 is 1.32 bits per heavy atom. The van der Waals surface area contributed by atoms with Crippen molar-refractivity contribution in [3.05, 3.63) is 24.0 Å². The number of hydrogen-bond donors (Lipinski definition) is 4. The molecule has 154 valence electrons. The molecule has 0 radical (unpaired) electrons. The number of alkyl halides is 2. The number of nitrogens with two attached hydrogens (primary N) is 1. The predicted molar refractivity (Wildman–Crippen MR) is 93.6 cm³/mol. The van der Waals surface area contributed by atoms with Crippen LogP contribution in [0.2, 0.25) is 0 Å². The van der Waals surface area contributed by atoms with Gasteiger partial charge >= 0.3 is 6.03 Å². The Kier molecular flexibility index (Phi) is 7.58. The van der Waals surface area contributed by atoms with Crippen LogP contribution in [0.5, 0.6) is 0 Å². The molecule has 1 fully saturated rings. The van der Waals surface area contributed by atoms with Crippen molar-refractivity contribution in [1.29, 1.82) is 0 Å². The van der Waals surface area contributed by atoms with Crippen molar-refractivity contribution in [2.24, 2.45) is 5.73 Å². The van der Waals surface area contributed by atoms with Crippen LogP contribution in [0, 0.1) is 5.82 Å². The number of halogens is 3. The summed E-state index contributed by atoms with van der Waals surface area (Å²) in [6, 6.07) is 1.51. The minimum absolute atomic E-state index is 0.0474. The van der Waals surface area contributed by atoms with Gasteiger partial charge in [0, 0.05) is 18.8 Å². The molecule has 0 saturated carbocycles. The van der Waals surface area contributed by atoms with E-state index in [2.05, 4.69) is 10.6 Å². The molecule has 1 aliphatic rings. The predicted octanol–water partition coefficient (Wildman–Crippen LogP) is 0.0190. The van der Waals surface area contributed by atoms with E-state index in [0.29, 0.717) is 0 Å². The van der Waals surface area contributed by atoms with E-state index in [1.165, 1.54) is 17.0 Å². The Morgan fingerprint density at radius 2 is 2.07 bits per heavy atom. The Labute approximate surface area is 158 Å². The molecule has 1 heterocycles. The quantitative estimate of drug-likeness (QED) is 0.511. The first-order chi connectivity index (χ1) is 13.3. The third-order valence-corrected chi connectivity index (χ3v) is 3.77. The van der Waals surface area contributed by atoms with E-state index in [1.807, 2.05) is 5.32 Å². The van der Waals surface area contributed by atoms with Crippen molar-refractivity contribution in [3.8, 4) is 0 Å². The molecule has 1 aromatic carbocycles. The SMILES string of the molecule is NC[C@@H](NC(=O)NCC(F)F)C(=O)Nc1ccc(N2CCOCC2=O)c(F)c1. The van der Waals surface area contributed by atoms with Gasteiger partial charge in [-0.3, -0.25) is 9.59 Å². The maximum atomic E-state index is 14.4. The lowest BCUT2D eigenvalue weighted by atomic mass is 10.2. The molecule has 0 aromatic heterocycles. The molecule has 1 aliphatic heterocycles. The van der Waals surface area contributed by atoms with Crippen LogP contribution in [-0.4, -0.2) is 63.2 Å². The van der Waals surface area contributed by atoms with Crippen molar-refractivity contribution >= 4 is 29.2 Å². The van der Waals surface area contributed by atoms with Crippen LogP contribution >= 0.6 is 0 Å². The number of carbonyl (C=O) groups excluding carboxylic acids is 3. The third-order valence-electron chi connectivity index (χ3n) is 3.77. The molecule has 2 rings (SSSR count). The Bertz CT molecular complexity index is 734. The molecule has 4 amide bonds. The van der Waals surface area contributed by atoms with Crippen LogP contribution in [0.1, 0.15) is 0 Å². The number of nitrogens with one attached hydrogen (secondary N) is 3. The zero-order valence-corrected chi connectivity index (χ0v) is 14.7. The average molecular weight is 403 g/mol. The number of amides is 4. The summed E-state index contributed by atoms with van der Waals surface area (Å²) in [5.74, 6) is -1.88. The Balaban J connectivity index is 1.99. The van der Waals surface area contributed by atoms with Crippen molar-refractivity contribution in [2.45, 2.75) is 12.5 Å². The molecule has 0 aliphatic carbocycles. The molecule has 0 bridgehead atoms. The molecule has 9 nitrogen and oxygen atoms in total. The van der Waals surface area contributed by atoms with Gasteiger partial charge in [-0.1, -0.05) is 0 Å². The fourth-order valence-corrected chi connectivity index (χ4v) is 2.42. The monoisotopic (exact) mass is 403 g/mol. The molecule has 1 saturated heterocycles. The van der Waals surface area contributed by atoms with E-state index in [0.717, 1.165) is 6.07 Å². The second kappa shape index (κ2) is 9.90. The lowest BCUT2D eigenvalue weighted by Gasteiger charge is -2.27. The highest BCUT2D eigenvalue weighted by atomic mass is 19.3. The number of carbonyl (C=O) groups is 3. The number of morpholine rings is 1. The summed E-state index contributed by atoms with van der Waals surface area (Å²) in [6.07, 6.45) is -2.74. The fraction of sp³-hybridized carbons (Fsp3) is 0.438. The molecule has 5 N–H and O–H groups in total. The fourth-order valence-electron chi connectivity index (χ4n) is 2.42. The van der Waals surface area contributed by atoms with Crippen LogP contribution in [0.25, 0.3) is 0 Å². The highest BCUT2D eigenvalue weighted by molar-refractivity contribution is 5.98. The van der Waals surface area contributed by atoms with Crippen LogP contribution in [0.3, 0.4) is 0 Å². The van der Waals surface area contributed by atoms with Crippen molar-refractivity contribution in [2.75, 3.05) is 43.1 Å². The number of hydrogen-bond acceptors (Lipinski definition) is 5. The van der Waals surface area contributed by atoms with Crippen molar-refractivity contribution in [1.82, 2.24) is 10.6 Å². The van der Waals surface area contributed by atoms with E-state index in [4.69, 9.17) is 10.5 Å². The van der Waals surface area contributed by atoms with Gasteiger partial charge in [0.05, 0.1) is 18.8 Å². The van der Waals surface area contributed by atoms with Gasteiger partial charge in [-0.05, 0) is 18.2 Å². The molecular weight excluding hydrogens is 383 g/mol. The number of anilines is 2. The number of benzene rings is 1. The minimum Gasteiger partial charge on any atom is -0.370 e. The number of urea groups is 1. The zero-order valence-electron chi connectivity index (χ0n) is 14.7. The van der Waals surface area contributed by atoms with Crippen molar-refractivity contribution in [3.63, 3.8) is 0 Å². The van der Waals surface area contributed by atoms with Crippen LogP contribution in [0.4, 0.5) is 29.3 Å². The van der Waals surface area contributed by atoms with Gasteiger partial charge in [-0.2, -0.15) is 0 Å². The maximum Gasteiger partial charge on any atom is 0.315 e. The molecular formula is C16H20F3N5O4. The first-order valence-corrected chi connectivity index (χ1v) is 8.33. The summed E-state index contributed by atoms with van der Waals surface area (Å²) < 4.78 is 43.5. The van der Waals surface area contributed by atoms with Crippen LogP contribution < -0.4 is 26.6 Å². The molecule has 1 aromatic rings. The maximum absolute atomic E-state index is 14.4. The standard InChI is InChI=1S/C16H20F3N5O4/c17-10-5-9(1-2-12(10)24-3-4-28-8-14(24)25)22-15(26)11(6-20)23-16(27)21-7-13(18)19/h1-2,5,11,13H,3-4,6-8,20H2,(H,22,26)(H2,21,23,27)/t11-/m1/s1. The summed E-state index contributed by atoms with van der Waals surface area (Å²) in [5.41, 5.74) is 5.53. The molecule has 28 heavy (non-hydrogen) atoms. The summed E-state index contributed by atoms with van der Waals surface area (Å²) in [4.78, 5) is 36.7. The summed E-state index contributed by atoms with van der Waals surface area (Å²) in [5, 5.41) is 6.39. The summed E-state index contributed by atoms with van der Waals surface area (Å²) in [6.45, 7) is -0.848. The second-order valence-corrected chi connectivity index (χ2v) is 5.79. The first-order valence-electron chi connectivity index (χ1n) is 8.33. The second-order valence-electron chi connectivity index (χ2n) is 5.79.